The van der Waals surface area contributed by atoms with Crippen molar-refractivity contribution < 1.29 is 0 Å². The Balaban J connectivity index is 1.21. The summed E-state index contributed by atoms with van der Waals surface area (Å²) in [5.74, 6) is 0.684. The van der Waals surface area contributed by atoms with E-state index in [1.165, 1.54) is 0 Å². The lowest BCUT2D eigenvalue weighted by molar-refractivity contribution is 1.18. The van der Waals surface area contributed by atoms with Gasteiger partial charge in [0.25, 0.3) is 0 Å². The Morgan fingerprint density at radius 2 is 1.04 bits per heavy atom. The highest BCUT2D eigenvalue weighted by Gasteiger charge is 2.23. The molecule has 6 aromatic carbocycles. The Hall–Kier alpha value is -7.16. The van der Waals surface area contributed by atoms with Crippen molar-refractivity contribution in [1.82, 2.24) is 15.3 Å². The van der Waals surface area contributed by atoms with Crippen LogP contribution in [0.25, 0.3) is 68.1 Å². The van der Waals surface area contributed by atoms with E-state index in [2.05, 4.69) is 90.3 Å². The van der Waals surface area contributed by atoms with Gasteiger partial charge in [-0.25, -0.2) is 9.97 Å². The van der Waals surface area contributed by atoms with E-state index >= 15 is 0 Å². The van der Waals surface area contributed by atoms with Gasteiger partial charge in [-0.3, -0.25) is 5.41 Å². The van der Waals surface area contributed by atoms with Gasteiger partial charge in [-0.15, -0.1) is 0 Å². The van der Waals surface area contributed by atoms with Crippen molar-refractivity contribution in [3.63, 3.8) is 0 Å². The molecule has 2 N–H and O–H groups in total. The van der Waals surface area contributed by atoms with Gasteiger partial charge in [-0.1, -0.05) is 158 Å². The molecule has 0 unspecified atom stereocenters. The summed E-state index contributed by atoms with van der Waals surface area (Å²) in [4.78, 5) is 9.93. The molecule has 1 aromatic heterocycles. The minimum Gasteiger partial charge on any atom is -0.354 e. The van der Waals surface area contributed by atoms with Crippen LogP contribution in [-0.2, 0) is 0 Å². The predicted molar refractivity (Wildman–Crippen MR) is 208 cm³/mol. The van der Waals surface area contributed by atoms with Gasteiger partial charge in [0, 0.05) is 33.5 Å². The maximum Gasteiger partial charge on any atom is 0.160 e. The Morgan fingerprint density at radius 1 is 0.529 bits per heavy atom. The average molecular weight is 654 g/mol. The Morgan fingerprint density at radius 3 is 1.65 bits per heavy atom. The molecule has 0 saturated heterocycles. The van der Waals surface area contributed by atoms with Gasteiger partial charge < -0.3 is 5.32 Å². The fourth-order valence-electron chi connectivity index (χ4n) is 6.43. The lowest BCUT2D eigenvalue weighted by Gasteiger charge is -2.25. The average Bonchev–Trinajstić information content (AvgIpc) is 3.22. The number of hydrogen-bond donors (Lipinski definition) is 2. The minimum atomic E-state index is -0.0980. The molecule has 0 amide bonds. The summed E-state index contributed by atoms with van der Waals surface area (Å²) in [7, 11) is 0. The molecule has 5 nitrogen and oxygen atoms in total. The van der Waals surface area contributed by atoms with Crippen molar-refractivity contribution in [1.29, 1.82) is 10.7 Å². The van der Waals surface area contributed by atoms with Gasteiger partial charge in [-0.2, -0.15) is 5.26 Å². The van der Waals surface area contributed by atoms with Gasteiger partial charge >= 0.3 is 0 Å². The van der Waals surface area contributed by atoms with Gasteiger partial charge in [-0.05, 0) is 46.0 Å². The number of aromatic nitrogens is 2. The molecule has 1 aliphatic heterocycles. The number of fused-ring (bicyclic) bond motifs is 1. The van der Waals surface area contributed by atoms with Crippen LogP contribution in [0.2, 0.25) is 0 Å². The molecular formula is C46H31N5. The first-order valence-electron chi connectivity index (χ1n) is 16.7. The van der Waals surface area contributed by atoms with Crippen molar-refractivity contribution in [3.05, 3.63) is 192 Å². The summed E-state index contributed by atoms with van der Waals surface area (Å²) in [6.45, 7) is 0. The van der Waals surface area contributed by atoms with Gasteiger partial charge in [0.05, 0.1) is 17.1 Å². The van der Waals surface area contributed by atoms with E-state index in [9.17, 15) is 5.26 Å². The summed E-state index contributed by atoms with van der Waals surface area (Å²) < 4.78 is 0. The molecule has 0 bridgehead atoms. The molecule has 0 fully saturated rings. The first kappa shape index (κ1) is 31.1. The van der Waals surface area contributed by atoms with Crippen LogP contribution in [0.3, 0.4) is 0 Å². The van der Waals surface area contributed by atoms with E-state index in [1.54, 1.807) is 0 Å². The molecule has 1 aliphatic rings. The quantitative estimate of drug-likeness (QED) is 0.168. The fraction of sp³-hybridized carbons (Fsp3) is 0. The lowest BCUT2D eigenvalue weighted by atomic mass is 9.88. The van der Waals surface area contributed by atoms with Crippen LogP contribution in [0.1, 0.15) is 22.3 Å². The maximum absolute atomic E-state index is 9.91. The number of nitrogens with one attached hydrogen (secondary N) is 2. The van der Waals surface area contributed by atoms with Crippen molar-refractivity contribution in [2.45, 2.75) is 0 Å². The number of hydrogen-bond acceptors (Lipinski definition) is 5. The van der Waals surface area contributed by atoms with Crippen LogP contribution in [0.15, 0.2) is 170 Å². The van der Waals surface area contributed by atoms with E-state index in [1.807, 2.05) is 97.1 Å². The maximum atomic E-state index is 9.91. The third kappa shape index (κ3) is 6.38. The normalized spacial score (nSPS) is 12.9. The van der Waals surface area contributed by atoms with Crippen molar-refractivity contribution in [3.8, 4) is 51.1 Å². The molecule has 0 aliphatic carbocycles. The van der Waals surface area contributed by atoms with E-state index < -0.39 is 0 Å². The highest BCUT2D eigenvalue weighted by molar-refractivity contribution is 6.35. The second kappa shape index (κ2) is 13.8. The van der Waals surface area contributed by atoms with Gasteiger partial charge in [0.2, 0.25) is 0 Å². The number of rotatable bonds is 7. The van der Waals surface area contributed by atoms with E-state index in [0.717, 1.165) is 72.9 Å². The van der Waals surface area contributed by atoms with Crippen molar-refractivity contribution >= 4 is 28.8 Å². The van der Waals surface area contributed by atoms with E-state index in [0.29, 0.717) is 11.4 Å². The number of benzene rings is 6. The highest BCUT2D eigenvalue weighted by atomic mass is 14.9. The first-order chi connectivity index (χ1) is 25.1. The van der Waals surface area contributed by atoms with Crippen LogP contribution >= 0.6 is 0 Å². The van der Waals surface area contributed by atoms with Crippen LogP contribution in [0.5, 0.6) is 0 Å². The molecular weight excluding hydrogens is 623 g/mol. The molecule has 8 rings (SSSR count). The summed E-state index contributed by atoms with van der Waals surface area (Å²) in [5.41, 5.74) is 12.7. The van der Waals surface area contributed by atoms with Gasteiger partial charge in [0.1, 0.15) is 11.8 Å². The molecule has 240 valence electrons. The van der Waals surface area contributed by atoms with E-state index in [-0.39, 0.29) is 5.71 Å². The van der Waals surface area contributed by atoms with Crippen LogP contribution < -0.4 is 5.32 Å². The molecule has 0 radical (unpaired) electrons. The van der Waals surface area contributed by atoms with E-state index in [4.69, 9.17) is 15.4 Å². The van der Waals surface area contributed by atoms with Crippen molar-refractivity contribution in [2.75, 3.05) is 0 Å². The van der Waals surface area contributed by atoms with Crippen LogP contribution in [0, 0.1) is 16.7 Å². The van der Waals surface area contributed by atoms with Crippen molar-refractivity contribution in [2.24, 2.45) is 0 Å². The number of nitriles is 1. The predicted octanol–water partition coefficient (Wildman–Crippen LogP) is 10.7. The zero-order valence-electron chi connectivity index (χ0n) is 27.6. The summed E-state index contributed by atoms with van der Waals surface area (Å²) >= 11 is 0. The summed E-state index contributed by atoms with van der Waals surface area (Å²) in [6.07, 6.45) is 2.14. The number of nitrogens with zero attached hydrogens (tertiary/aromatic N) is 3. The summed E-state index contributed by atoms with van der Waals surface area (Å²) in [5, 5.41) is 22.2. The monoisotopic (exact) mass is 653 g/mol. The zero-order chi connectivity index (χ0) is 34.6. The second-order valence-corrected chi connectivity index (χ2v) is 12.2. The Labute approximate surface area is 297 Å². The topological polar surface area (TPSA) is 85.5 Å². The SMILES string of the molecule is N#CC(=N)/C(=C1\NC(c2ccccc2)=Cc2cc(-c3ccc(-c4cc(-c5ccccc5)nc(-c5ccccc5)n4)cc3)ccc21)c1ccccc1. The summed E-state index contributed by atoms with van der Waals surface area (Å²) in [6, 6.07) is 59.0. The molecule has 0 atom stereocenters. The third-order valence-electron chi connectivity index (χ3n) is 8.98. The molecule has 0 spiro atoms. The molecule has 7 aromatic rings. The van der Waals surface area contributed by atoms with Crippen LogP contribution in [-0.4, -0.2) is 15.7 Å². The minimum absolute atomic E-state index is 0.0980. The molecule has 5 heteroatoms. The third-order valence-corrected chi connectivity index (χ3v) is 8.98. The fourth-order valence-corrected chi connectivity index (χ4v) is 6.43. The molecule has 2 heterocycles. The smallest absolute Gasteiger partial charge is 0.160 e. The van der Waals surface area contributed by atoms with Gasteiger partial charge in [0.15, 0.2) is 5.82 Å². The standard InChI is InChI=1S/C46H31N5/c47-30-40(48)44(35-17-9-3-10-18-35)45-39-26-25-37(27-38(39)28-41(49-45)32-13-5-1-6-14-32)31-21-23-34(24-22-31)43-29-42(33-15-7-2-8-16-33)50-46(51-43)36-19-11-4-12-20-36/h1-29,48-49H/b45-44-,48-40?. The van der Waals surface area contributed by atoms with Crippen LogP contribution in [0.4, 0.5) is 0 Å². The Bertz CT molecular complexity index is 2420. The molecule has 51 heavy (non-hydrogen) atoms. The first-order valence-corrected chi connectivity index (χ1v) is 16.7. The molecule has 0 saturated carbocycles. The Kier molecular flexibility index (Phi) is 8.40. The highest BCUT2D eigenvalue weighted by Crippen LogP contribution is 2.37. The largest absolute Gasteiger partial charge is 0.354 e. The zero-order valence-corrected chi connectivity index (χ0v) is 27.6. The number of allylic oxidation sites excluding steroid dienone is 1. The second-order valence-electron chi connectivity index (χ2n) is 12.2. The lowest BCUT2D eigenvalue weighted by Crippen LogP contribution is -2.19.